The zero-order valence-corrected chi connectivity index (χ0v) is 19.8. The highest BCUT2D eigenvalue weighted by atomic mass is 16.5. The van der Waals surface area contributed by atoms with Gasteiger partial charge in [-0.3, -0.25) is 4.79 Å². The average molecular weight is 459 g/mol. The molecule has 1 N–H and O–H groups in total. The number of nitrogens with one attached hydrogen (secondary N) is 1. The number of aryl methyl sites for hydroxylation is 1. The number of para-hydroxylation sites is 1. The number of rotatable bonds is 7. The van der Waals surface area contributed by atoms with Gasteiger partial charge in [0.25, 0.3) is 5.91 Å². The van der Waals surface area contributed by atoms with E-state index in [0.29, 0.717) is 45.5 Å². The first-order valence-corrected chi connectivity index (χ1v) is 10.6. The van der Waals surface area contributed by atoms with Crippen LogP contribution >= 0.6 is 0 Å². The molecule has 0 fully saturated rings. The molecule has 34 heavy (non-hydrogen) atoms. The third-order valence-electron chi connectivity index (χ3n) is 5.52. The Morgan fingerprint density at radius 3 is 2.12 bits per heavy atom. The van der Waals surface area contributed by atoms with Crippen LogP contribution in [0.2, 0.25) is 0 Å². The summed E-state index contributed by atoms with van der Waals surface area (Å²) in [7, 11) is 6.24. The third-order valence-corrected chi connectivity index (χ3v) is 5.52. The fourth-order valence-electron chi connectivity index (χ4n) is 3.85. The van der Waals surface area contributed by atoms with Gasteiger partial charge in [-0.25, -0.2) is 4.98 Å². The monoisotopic (exact) mass is 458 g/mol. The van der Waals surface area contributed by atoms with Crippen LogP contribution in [-0.2, 0) is 0 Å². The Hall–Kier alpha value is -4.26. The number of amides is 1. The molecule has 0 unspecified atom stereocenters. The molecule has 0 aliphatic carbocycles. The van der Waals surface area contributed by atoms with Crippen LogP contribution in [0.4, 0.5) is 5.69 Å². The Morgan fingerprint density at radius 2 is 1.47 bits per heavy atom. The number of methoxy groups -OCH3 is 4. The molecule has 1 amide bonds. The fourth-order valence-corrected chi connectivity index (χ4v) is 3.85. The number of carbonyl (C=O) groups excluding carboxylic acids is 1. The van der Waals surface area contributed by atoms with E-state index in [0.717, 1.165) is 16.5 Å². The van der Waals surface area contributed by atoms with Gasteiger partial charge in [-0.15, -0.1) is 0 Å². The zero-order valence-electron chi connectivity index (χ0n) is 19.8. The largest absolute Gasteiger partial charge is 0.495 e. The first-order chi connectivity index (χ1) is 16.5. The van der Waals surface area contributed by atoms with Crippen LogP contribution in [0.25, 0.3) is 22.2 Å². The minimum atomic E-state index is -0.267. The maximum absolute atomic E-state index is 13.5. The van der Waals surface area contributed by atoms with Gasteiger partial charge in [0.1, 0.15) is 5.75 Å². The summed E-state index contributed by atoms with van der Waals surface area (Å²) in [4.78, 5) is 18.3. The summed E-state index contributed by atoms with van der Waals surface area (Å²) >= 11 is 0. The van der Waals surface area contributed by atoms with Crippen molar-refractivity contribution >= 4 is 22.5 Å². The number of anilines is 1. The van der Waals surface area contributed by atoms with Crippen molar-refractivity contribution < 1.29 is 23.7 Å². The van der Waals surface area contributed by atoms with E-state index in [2.05, 4.69) is 5.32 Å². The van der Waals surface area contributed by atoms with E-state index < -0.39 is 0 Å². The molecular weight excluding hydrogens is 432 g/mol. The molecule has 1 heterocycles. The SMILES string of the molecule is COc1ccc(C)cc1NC(=O)c1cc(-c2cc(OC)c(OC)c(OC)c2)nc2ccccc12. The number of hydrogen-bond acceptors (Lipinski definition) is 6. The van der Waals surface area contributed by atoms with Crippen molar-refractivity contribution in [1.82, 2.24) is 4.98 Å². The van der Waals surface area contributed by atoms with Crippen molar-refractivity contribution in [3.63, 3.8) is 0 Å². The predicted molar refractivity (Wildman–Crippen MR) is 133 cm³/mol. The Bertz CT molecular complexity index is 1340. The van der Waals surface area contributed by atoms with Crippen LogP contribution < -0.4 is 24.3 Å². The molecule has 3 aromatic carbocycles. The van der Waals surface area contributed by atoms with Crippen molar-refractivity contribution in [3.8, 4) is 34.3 Å². The van der Waals surface area contributed by atoms with Crippen LogP contribution in [0, 0.1) is 6.92 Å². The zero-order chi connectivity index (χ0) is 24.2. The lowest BCUT2D eigenvalue weighted by molar-refractivity contribution is 0.102. The van der Waals surface area contributed by atoms with Gasteiger partial charge in [0.2, 0.25) is 5.75 Å². The second kappa shape index (κ2) is 9.70. The fraction of sp³-hybridized carbons (Fsp3) is 0.185. The summed E-state index contributed by atoms with van der Waals surface area (Å²) < 4.78 is 21.8. The molecule has 1 aromatic heterocycles. The maximum Gasteiger partial charge on any atom is 0.256 e. The van der Waals surface area contributed by atoms with Crippen molar-refractivity contribution in [1.29, 1.82) is 0 Å². The molecule has 0 aliphatic rings. The van der Waals surface area contributed by atoms with Crippen LogP contribution in [0.1, 0.15) is 15.9 Å². The van der Waals surface area contributed by atoms with Gasteiger partial charge in [0.05, 0.1) is 50.9 Å². The highest BCUT2D eigenvalue weighted by Crippen LogP contribution is 2.41. The number of fused-ring (bicyclic) bond motifs is 1. The normalized spacial score (nSPS) is 10.6. The van der Waals surface area contributed by atoms with Crippen molar-refractivity contribution in [3.05, 3.63) is 71.8 Å². The molecule has 7 heteroatoms. The van der Waals surface area contributed by atoms with Crippen LogP contribution in [0.15, 0.2) is 60.7 Å². The van der Waals surface area contributed by atoms with Crippen molar-refractivity contribution in [2.24, 2.45) is 0 Å². The van der Waals surface area contributed by atoms with Gasteiger partial charge in [-0.1, -0.05) is 24.3 Å². The first-order valence-electron chi connectivity index (χ1n) is 10.6. The quantitative estimate of drug-likeness (QED) is 0.394. The molecular formula is C27H26N2O5. The molecule has 4 rings (SSSR count). The maximum atomic E-state index is 13.5. The second-order valence-electron chi connectivity index (χ2n) is 7.64. The number of aromatic nitrogens is 1. The van der Waals surface area contributed by atoms with Gasteiger partial charge >= 0.3 is 0 Å². The molecule has 174 valence electrons. The number of pyridine rings is 1. The van der Waals surface area contributed by atoms with Crippen LogP contribution in [0.3, 0.4) is 0 Å². The lowest BCUT2D eigenvalue weighted by Crippen LogP contribution is -2.14. The summed E-state index contributed by atoms with van der Waals surface area (Å²) in [6.45, 7) is 1.96. The number of benzene rings is 3. The molecule has 0 bridgehead atoms. The highest BCUT2D eigenvalue weighted by Gasteiger charge is 2.19. The average Bonchev–Trinajstić information content (AvgIpc) is 2.87. The Kier molecular flexibility index (Phi) is 6.54. The minimum Gasteiger partial charge on any atom is -0.495 e. The number of ether oxygens (including phenoxy) is 4. The molecule has 0 aliphatic heterocycles. The lowest BCUT2D eigenvalue weighted by atomic mass is 10.0. The highest BCUT2D eigenvalue weighted by molar-refractivity contribution is 6.13. The van der Waals surface area contributed by atoms with E-state index >= 15 is 0 Å². The predicted octanol–water partition coefficient (Wildman–Crippen LogP) is 5.50. The molecule has 0 spiro atoms. The molecule has 0 saturated heterocycles. The van der Waals surface area contributed by atoms with E-state index in [1.54, 1.807) is 34.5 Å². The van der Waals surface area contributed by atoms with Crippen LogP contribution in [0.5, 0.6) is 23.0 Å². The van der Waals surface area contributed by atoms with Gasteiger partial charge < -0.3 is 24.3 Å². The van der Waals surface area contributed by atoms with Crippen LogP contribution in [-0.4, -0.2) is 39.3 Å². The van der Waals surface area contributed by atoms with E-state index in [-0.39, 0.29) is 5.91 Å². The lowest BCUT2D eigenvalue weighted by Gasteiger charge is -2.16. The molecule has 7 nitrogen and oxygen atoms in total. The Morgan fingerprint density at radius 1 is 0.794 bits per heavy atom. The van der Waals surface area contributed by atoms with E-state index in [4.69, 9.17) is 23.9 Å². The smallest absolute Gasteiger partial charge is 0.256 e. The summed E-state index contributed by atoms with van der Waals surface area (Å²) in [6.07, 6.45) is 0. The topological polar surface area (TPSA) is 78.9 Å². The van der Waals surface area contributed by atoms with E-state index in [1.165, 1.54) is 0 Å². The van der Waals surface area contributed by atoms with Gasteiger partial charge in [0, 0.05) is 10.9 Å². The first kappa shape index (κ1) is 22.9. The Labute approximate surface area is 198 Å². The Balaban J connectivity index is 1.85. The number of hydrogen-bond donors (Lipinski definition) is 1. The van der Waals surface area contributed by atoms with E-state index in [9.17, 15) is 4.79 Å². The molecule has 4 aromatic rings. The number of nitrogens with zero attached hydrogens (tertiary/aromatic N) is 1. The third kappa shape index (κ3) is 4.32. The van der Waals surface area contributed by atoms with E-state index in [1.807, 2.05) is 61.5 Å². The molecule has 0 atom stereocenters. The van der Waals surface area contributed by atoms with Crippen molar-refractivity contribution in [2.75, 3.05) is 33.8 Å². The summed E-state index contributed by atoms with van der Waals surface area (Å²) in [5.74, 6) is 1.81. The summed E-state index contributed by atoms with van der Waals surface area (Å²) in [5.41, 5.74) is 4.10. The standard InChI is InChI=1S/C27H26N2O5/c1-16-10-11-23(31-2)22(12-16)29-27(30)19-15-21(28-20-9-7-6-8-18(19)20)17-13-24(32-3)26(34-5)25(14-17)33-4/h6-15H,1-5H3,(H,29,30). The molecule has 0 radical (unpaired) electrons. The van der Waals surface area contributed by atoms with Crippen molar-refractivity contribution in [2.45, 2.75) is 6.92 Å². The summed E-state index contributed by atoms with van der Waals surface area (Å²) in [6, 6.07) is 18.5. The molecule has 0 saturated carbocycles. The summed E-state index contributed by atoms with van der Waals surface area (Å²) in [5, 5.41) is 3.73. The minimum absolute atomic E-state index is 0.267. The second-order valence-corrected chi connectivity index (χ2v) is 7.64. The van der Waals surface area contributed by atoms with Gasteiger partial charge in [-0.2, -0.15) is 0 Å². The number of carbonyl (C=O) groups is 1. The van der Waals surface area contributed by atoms with Gasteiger partial charge in [-0.05, 0) is 48.9 Å². The van der Waals surface area contributed by atoms with Gasteiger partial charge in [0.15, 0.2) is 11.5 Å².